The third-order valence-electron chi connectivity index (χ3n) is 8.51. The van der Waals surface area contributed by atoms with E-state index in [9.17, 15) is 24.5 Å². The Bertz CT molecular complexity index is 1370. The number of fused-ring (bicyclic) bond motifs is 1. The van der Waals surface area contributed by atoms with Gasteiger partial charge in [-0.3, -0.25) is 14.3 Å². The molecule has 10 heteroatoms. The largest absolute Gasteiger partial charge is 0.494 e. The van der Waals surface area contributed by atoms with Crippen LogP contribution < -0.4 is 9.47 Å². The molecule has 1 fully saturated rings. The fourth-order valence-corrected chi connectivity index (χ4v) is 6.48. The van der Waals surface area contributed by atoms with Crippen LogP contribution in [0.25, 0.3) is 0 Å². The topological polar surface area (TPSA) is 104 Å². The van der Waals surface area contributed by atoms with E-state index in [0.717, 1.165) is 36.9 Å². The van der Waals surface area contributed by atoms with Crippen LogP contribution in [0.5, 0.6) is 23.3 Å². The van der Waals surface area contributed by atoms with Gasteiger partial charge in [0, 0.05) is 31.3 Å². The predicted molar refractivity (Wildman–Crippen MR) is 152 cm³/mol. The van der Waals surface area contributed by atoms with Gasteiger partial charge in [-0.05, 0) is 79.3 Å². The first-order chi connectivity index (χ1) is 19.7. The summed E-state index contributed by atoms with van der Waals surface area (Å²) < 4.78 is 27.7. The second kappa shape index (κ2) is 12.6. The van der Waals surface area contributed by atoms with E-state index < -0.39 is 5.97 Å². The van der Waals surface area contributed by atoms with Crippen molar-refractivity contribution in [3.63, 3.8) is 0 Å². The Morgan fingerprint density at radius 1 is 1.05 bits per heavy atom. The summed E-state index contributed by atoms with van der Waals surface area (Å²) in [6.07, 6.45) is 4.47. The molecule has 1 heterocycles. The van der Waals surface area contributed by atoms with Crippen LogP contribution in [0.15, 0.2) is 42.5 Å². The molecule has 2 aliphatic carbocycles. The van der Waals surface area contributed by atoms with E-state index >= 15 is 0 Å². The van der Waals surface area contributed by atoms with Crippen molar-refractivity contribution >= 4 is 17.6 Å². The molecule has 0 amide bonds. The van der Waals surface area contributed by atoms with Crippen molar-refractivity contribution < 1.29 is 34.0 Å². The smallest absolute Gasteiger partial charge is 0.306 e. The number of halogens is 2. The number of hydrogen-bond acceptors (Lipinski definition) is 6. The number of methoxy groups -OCH3 is 1. The average Bonchev–Trinajstić information content (AvgIpc) is 3.54. The lowest BCUT2D eigenvalue weighted by Gasteiger charge is -2.35. The van der Waals surface area contributed by atoms with Crippen molar-refractivity contribution in [2.75, 3.05) is 20.3 Å². The maximum Gasteiger partial charge on any atom is 0.306 e. The summed E-state index contributed by atoms with van der Waals surface area (Å²) in [5.41, 5.74) is 2.66. The molecule has 1 atom stereocenters. The molecule has 1 aromatic heterocycles. The third kappa shape index (κ3) is 6.41. The van der Waals surface area contributed by atoms with Gasteiger partial charge in [-0.1, -0.05) is 23.7 Å². The third-order valence-corrected chi connectivity index (χ3v) is 8.80. The van der Waals surface area contributed by atoms with Gasteiger partial charge in [0.2, 0.25) is 0 Å². The lowest BCUT2D eigenvalue weighted by atomic mass is 9.81. The van der Waals surface area contributed by atoms with Crippen LogP contribution in [0.1, 0.15) is 54.8 Å². The van der Waals surface area contributed by atoms with Gasteiger partial charge in [0.1, 0.15) is 12.4 Å². The second-order valence-corrected chi connectivity index (χ2v) is 11.4. The van der Waals surface area contributed by atoms with Crippen LogP contribution in [-0.2, 0) is 24.3 Å². The van der Waals surface area contributed by atoms with Crippen LogP contribution in [0.3, 0.4) is 0 Å². The molecule has 0 spiro atoms. The van der Waals surface area contributed by atoms with E-state index in [1.807, 2.05) is 24.3 Å². The van der Waals surface area contributed by atoms with E-state index in [-0.39, 0.29) is 47.7 Å². The molecule has 2 aromatic carbocycles. The van der Waals surface area contributed by atoms with Crippen molar-refractivity contribution in [2.45, 2.75) is 57.7 Å². The Hall–Kier alpha value is -3.43. The molecule has 0 unspecified atom stereocenters. The Kier molecular flexibility index (Phi) is 8.94. The van der Waals surface area contributed by atoms with Crippen molar-refractivity contribution in [1.82, 2.24) is 9.47 Å². The Morgan fingerprint density at radius 3 is 2.46 bits per heavy atom. The Morgan fingerprint density at radius 2 is 1.78 bits per heavy atom. The first-order valence-corrected chi connectivity index (χ1v) is 14.4. The average molecular weight is 587 g/mol. The fourth-order valence-electron chi connectivity index (χ4n) is 6.30. The summed E-state index contributed by atoms with van der Waals surface area (Å²) in [6, 6.07) is 12.2. The highest BCUT2D eigenvalue weighted by Gasteiger charge is 2.34. The zero-order chi connectivity index (χ0) is 29.1. The zero-order valence-electron chi connectivity index (χ0n) is 23.1. The van der Waals surface area contributed by atoms with Crippen molar-refractivity contribution in [3.8, 4) is 23.3 Å². The number of benzene rings is 2. The summed E-state index contributed by atoms with van der Waals surface area (Å²) >= 11 is 6.08. The van der Waals surface area contributed by atoms with Crippen molar-refractivity contribution in [2.24, 2.45) is 11.8 Å². The van der Waals surface area contributed by atoms with E-state index in [0.29, 0.717) is 48.8 Å². The van der Waals surface area contributed by atoms with Gasteiger partial charge in [0.05, 0.1) is 24.6 Å². The quantitative estimate of drug-likeness (QED) is 0.247. The van der Waals surface area contributed by atoms with Gasteiger partial charge in [-0.2, -0.15) is 0 Å². The lowest BCUT2D eigenvalue weighted by molar-refractivity contribution is -0.143. The molecule has 0 bridgehead atoms. The number of nitrogens with zero attached hydrogens (tertiary/aromatic N) is 2. The molecule has 8 nitrogen and oxygen atoms in total. The molecule has 0 saturated heterocycles. The highest BCUT2D eigenvalue weighted by Crippen LogP contribution is 2.42. The van der Waals surface area contributed by atoms with Crippen LogP contribution in [0.4, 0.5) is 4.39 Å². The van der Waals surface area contributed by atoms with Crippen molar-refractivity contribution in [1.29, 1.82) is 0 Å². The lowest BCUT2D eigenvalue weighted by Crippen LogP contribution is -2.34. The Balaban J connectivity index is 1.33. The summed E-state index contributed by atoms with van der Waals surface area (Å²) in [6.45, 7) is 1.86. The summed E-state index contributed by atoms with van der Waals surface area (Å²) in [4.78, 5) is 13.9. The standard InChI is InChI=1S/C31H36ClFN2O6/c1-40-27-16-20(4-11-26(27)41-15-14-35-28(36)12-13-29(35)37)18-34(17-19-2-5-21(6-3-19)31(38)39)25-10-8-23-22(25)7-9-24(32)30(23)33/h4,7,9,11-13,16,19,21,25,36-37H,2-3,5-6,8,10,14-15,17-18H2,1H3,(H,38,39)/t19?,21?,25-/m0/s1. The number of carboxylic acids is 1. The summed E-state index contributed by atoms with van der Waals surface area (Å²) in [5, 5.41) is 29.3. The maximum absolute atomic E-state index is 14.9. The minimum atomic E-state index is -0.714. The number of aliphatic carboxylic acids is 1. The molecular weight excluding hydrogens is 551 g/mol. The van der Waals surface area contributed by atoms with E-state index in [4.69, 9.17) is 21.1 Å². The van der Waals surface area contributed by atoms with Gasteiger partial charge in [0.25, 0.3) is 0 Å². The molecule has 5 rings (SSSR count). The molecule has 0 radical (unpaired) electrons. The second-order valence-electron chi connectivity index (χ2n) is 11.0. The molecule has 3 N–H and O–H groups in total. The summed E-state index contributed by atoms with van der Waals surface area (Å²) in [7, 11) is 1.58. The normalized spacial score (nSPS) is 20.2. The van der Waals surface area contributed by atoms with Crippen LogP contribution >= 0.6 is 11.6 Å². The number of rotatable bonds is 11. The van der Waals surface area contributed by atoms with Gasteiger partial charge in [0.15, 0.2) is 23.3 Å². The fraction of sp³-hybridized carbons (Fsp3) is 0.452. The maximum atomic E-state index is 14.9. The zero-order valence-corrected chi connectivity index (χ0v) is 23.8. The van der Waals surface area contributed by atoms with Crippen LogP contribution in [0.2, 0.25) is 5.02 Å². The van der Waals surface area contributed by atoms with E-state index in [1.54, 1.807) is 13.2 Å². The number of aromatic hydroxyl groups is 2. The van der Waals surface area contributed by atoms with Gasteiger partial charge in [-0.25, -0.2) is 4.39 Å². The molecule has 2 aliphatic rings. The number of aromatic nitrogens is 1. The highest BCUT2D eigenvalue weighted by molar-refractivity contribution is 6.30. The van der Waals surface area contributed by atoms with E-state index in [2.05, 4.69) is 4.90 Å². The Labute approximate surface area is 243 Å². The van der Waals surface area contributed by atoms with Gasteiger partial charge >= 0.3 is 5.97 Å². The first-order valence-electron chi connectivity index (χ1n) is 14.1. The molecule has 220 valence electrons. The minimum absolute atomic E-state index is 0.0258. The first kappa shape index (κ1) is 29.1. The predicted octanol–water partition coefficient (Wildman–Crippen LogP) is 6.16. The van der Waals surface area contributed by atoms with Crippen molar-refractivity contribution in [3.05, 3.63) is 70.0 Å². The molecule has 0 aliphatic heterocycles. The number of carbonyl (C=O) groups is 1. The number of ether oxygens (including phenoxy) is 2. The van der Waals surface area contributed by atoms with Crippen LogP contribution in [-0.4, -0.2) is 51.0 Å². The van der Waals surface area contributed by atoms with Gasteiger partial charge < -0.3 is 24.8 Å². The highest BCUT2D eigenvalue weighted by atomic mass is 35.5. The molecule has 41 heavy (non-hydrogen) atoms. The number of hydrogen-bond donors (Lipinski definition) is 3. The SMILES string of the molecule is COc1cc(CN(CC2CCC(C(=O)O)CC2)[C@H]2CCc3c2ccc(Cl)c3F)ccc1OCCn1c(O)ccc1O. The van der Waals surface area contributed by atoms with E-state index in [1.165, 1.54) is 16.7 Å². The molecular formula is C31H36ClFN2O6. The molecule has 3 aromatic rings. The monoisotopic (exact) mass is 586 g/mol. The van der Waals surface area contributed by atoms with Crippen LogP contribution in [0, 0.1) is 17.7 Å². The molecule has 1 saturated carbocycles. The number of carboxylic acid groups (broad SMARTS) is 1. The van der Waals surface area contributed by atoms with Gasteiger partial charge in [-0.15, -0.1) is 0 Å². The minimum Gasteiger partial charge on any atom is -0.494 e. The summed E-state index contributed by atoms with van der Waals surface area (Å²) in [5.74, 6) is 0.0651.